The minimum atomic E-state index is -0.911. The van der Waals surface area contributed by atoms with Crippen LogP contribution in [-0.4, -0.2) is 11.7 Å². The molecule has 0 saturated heterocycles. The first-order valence-corrected chi connectivity index (χ1v) is 7.99. The third kappa shape index (κ3) is 2.85. The number of aliphatic hydroxyl groups is 1. The molecule has 2 aromatic carbocycles. The maximum atomic E-state index is 11.0. The van der Waals surface area contributed by atoms with Crippen molar-refractivity contribution < 1.29 is 9.84 Å². The summed E-state index contributed by atoms with van der Waals surface area (Å²) < 4.78 is 6.81. The van der Waals surface area contributed by atoms with Gasteiger partial charge < -0.3 is 9.84 Å². The molecule has 0 bridgehead atoms. The van der Waals surface area contributed by atoms with Gasteiger partial charge in [-0.05, 0) is 48.2 Å². The van der Waals surface area contributed by atoms with Crippen molar-refractivity contribution in [2.24, 2.45) is 0 Å². The van der Waals surface area contributed by atoms with Crippen LogP contribution in [0.2, 0.25) is 0 Å². The SMILES string of the molecule is Cc1ccccc1C(C)(O)Cc1cc(Br)cc2c1OCC2. The van der Waals surface area contributed by atoms with Gasteiger partial charge >= 0.3 is 0 Å². The second kappa shape index (κ2) is 5.47. The highest BCUT2D eigenvalue weighted by Crippen LogP contribution is 2.37. The molecule has 3 rings (SSSR count). The minimum absolute atomic E-state index is 0.541. The van der Waals surface area contributed by atoms with Crippen molar-refractivity contribution in [3.05, 3.63) is 63.1 Å². The summed E-state index contributed by atoms with van der Waals surface area (Å²) in [6.07, 6.45) is 1.48. The largest absolute Gasteiger partial charge is 0.493 e. The number of rotatable bonds is 3. The molecular weight excluding hydrogens is 328 g/mol. The lowest BCUT2D eigenvalue weighted by molar-refractivity contribution is 0.0563. The fourth-order valence-electron chi connectivity index (χ4n) is 3.12. The lowest BCUT2D eigenvalue weighted by atomic mass is 9.86. The number of fused-ring (bicyclic) bond motifs is 1. The lowest BCUT2D eigenvalue weighted by Crippen LogP contribution is -2.25. The zero-order valence-electron chi connectivity index (χ0n) is 12.3. The predicted molar refractivity (Wildman–Crippen MR) is 87.8 cm³/mol. The lowest BCUT2D eigenvalue weighted by Gasteiger charge is -2.26. The third-order valence-electron chi connectivity index (χ3n) is 4.09. The molecule has 2 aromatic rings. The van der Waals surface area contributed by atoms with Crippen molar-refractivity contribution in [2.45, 2.75) is 32.3 Å². The number of ether oxygens (including phenoxy) is 1. The summed E-state index contributed by atoms with van der Waals surface area (Å²) in [7, 11) is 0. The van der Waals surface area contributed by atoms with Gasteiger partial charge in [-0.2, -0.15) is 0 Å². The summed E-state index contributed by atoms with van der Waals surface area (Å²) >= 11 is 3.56. The molecule has 0 aromatic heterocycles. The van der Waals surface area contributed by atoms with E-state index < -0.39 is 5.60 Å². The van der Waals surface area contributed by atoms with Gasteiger partial charge in [0.15, 0.2) is 0 Å². The second-order valence-electron chi connectivity index (χ2n) is 5.92. The van der Waals surface area contributed by atoms with Gasteiger partial charge in [0, 0.05) is 17.3 Å². The Morgan fingerprint density at radius 1 is 1.29 bits per heavy atom. The topological polar surface area (TPSA) is 29.5 Å². The zero-order chi connectivity index (χ0) is 15.0. The number of halogens is 1. The molecule has 1 N–H and O–H groups in total. The number of hydrogen-bond donors (Lipinski definition) is 1. The Morgan fingerprint density at radius 2 is 2.05 bits per heavy atom. The first kappa shape index (κ1) is 14.6. The molecule has 0 fully saturated rings. The molecule has 1 aliphatic heterocycles. The quantitative estimate of drug-likeness (QED) is 0.904. The van der Waals surface area contributed by atoms with E-state index in [1.807, 2.05) is 38.1 Å². The van der Waals surface area contributed by atoms with Crippen LogP contribution in [0.4, 0.5) is 0 Å². The molecule has 0 aliphatic carbocycles. The van der Waals surface area contributed by atoms with E-state index in [0.717, 1.165) is 39.9 Å². The summed E-state index contributed by atoms with van der Waals surface area (Å²) in [5.41, 5.74) is 3.45. The molecule has 0 spiro atoms. The van der Waals surface area contributed by atoms with Gasteiger partial charge in [-0.3, -0.25) is 0 Å². The Labute approximate surface area is 133 Å². The Hall–Kier alpha value is -1.32. The average molecular weight is 347 g/mol. The molecule has 1 heterocycles. The van der Waals surface area contributed by atoms with Crippen molar-refractivity contribution in [1.82, 2.24) is 0 Å². The van der Waals surface area contributed by atoms with E-state index in [4.69, 9.17) is 4.74 Å². The highest BCUT2D eigenvalue weighted by Gasteiger charge is 2.28. The van der Waals surface area contributed by atoms with Crippen LogP contribution >= 0.6 is 15.9 Å². The average Bonchev–Trinajstić information content (AvgIpc) is 2.86. The smallest absolute Gasteiger partial charge is 0.126 e. The van der Waals surface area contributed by atoms with Crippen LogP contribution in [0.15, 0.2) is 40.9 Å². The Balaban J connectivity index is 1.99. The Morgan fingerprint density at radius 3 is 2.81 bits per heavy atom. The summed E-state index contributed by atoms with van der Waals surface area (Å²) in [6.45, 7) is 4.63. The molecular formula is C18H19BrO2. The maximum Gasteiger partial charge on any atom is 0.126 e. The number of benzene rings is 2. The van der Waals surface area contributed by atoms with Crippen molar-refractivity contribution >= 4 is 15.9 Å². The Bertz CT molecular complexity index is 677. The number of aryl methyl sites for hydroxylation is 1. The predicted octanol–water partition coefficient (Wildman–Crippen LogP) is 4.14. The highest BCUT2D eigenvalue weighted by atomic mass is 79.9. The highest BCUT2D eigenvalue weighted by molar-refractivity contribution is 9.10. The van der Waals surface area contributed by atoms with Crippen LogP contribution < -0.4 is 4.74 Å². The third-order valence-corrected chi connectivity index (χ3v) is 4.54. The van der Waals surface area contributed by atoms with Crippen LogP contribution in [0, 0.1) is 6.92 Å². The van der Waals surface area contributed by atoms with Crippen molar-refractivity contribution in [3.63, 3.8) is 0 Å². The molecule has 110 valence electrons. The molecule has 0 amide bonds. The summed E-state index contributed by atoms with van der Waals surface area (Å²) in [4.78, 5) is 0. The van der Waals surface area contributed by atoms with E-state index in [1.165, 1.54) is 5.56 Å². The van der Waals surface area contributed by atoms with E-state index in [1.54, 1.807) is 0 Å². The van der Waals surface area contributed by atoms with Gasteiger partial charge in [0.1, 0.15) is 5.75 Å². The van der Waals surface area contributed by atoms with Crippen LogP contribution in [0.5, 0.6) is 5.75 Å². The van der Waals surface area contributed by atoms with E-state index in [-0.39, 0.29) is 0 Å². The first-order chi connectivity index (χ1) is 9.97. The minimum Gasteiger partial charge on any atom is -0.493 e. The van der Waals surface area contributed by atoms with Gasteiger partial charge in [-0.1, -0.05) is 40.2 Å². The fraction of sp³-hybridized carbons (Fsp3) is 0.333. The summed E-state index contributed by atoms with van der Waals surface area (Å²) in [5.74, 6) is 0.951. The van der Waals surface area contributed by atoms with Crippen LogP contribution in [-0.2, 0) is 18.4 Å². The van der Waals surface area contributed by atoms with Gasteiger partial charge in [0.2, 0.25) is 0 Å². The van der Waals surface area contributed by atoms with Crippen LogP contribution in [0.25, 0.3) is 0 Å². The summed E-state index contributed by atoms with van der Waals surface area (Å²) in [5, 5.41) is 11.0. The van der Waals surface area contributed by atoms with E-state index >= 15 is 0 Å². The zero-order valence-corrected chi connectivity index (χ0v) is 13.9. The van der Waals surface area contributed by atoms with Gasteiger partial charge in [0.25, 0.3) is 0 Å². The Kier molecular flexibility index (Phi) is 3.80. The van der Waals surface area contributed by atoms with E-state index in [9.17, 15) is 5.11 Å². The van der Waals surface area contributed by atoms with Crippen molar-refractivity contribution in [1.29, 1.82) is 0 Å². The van der Waals surface area contributed by atoms with Crippen molar-refractivity contribution in [2.75, 3.05) is 6.61 Å². The molecule has 3 heteroatoms. The summed E-state index contributed by atoms with van der Waals surface area (Å²) in [6, 6.07) is 12.2. The molecule has 1 atom stereocenters. The van der Waals surface area contributed by atoms with Gasteiger partial charge in [0.05, 0.1) is 12.2 Å². The molecule has 0 saturated carbocycles. The number of hydrogen-bond acceptors (Lipinski definition) is 2. The second-order valence-corrected chi connectivity index (χ2v) is 6.83. The van der Waals surface area contributed by atoms with Crippen LogP contribution in [0.1, 0.15) is 29.2 Å². The normalized spacial score (nSPS) is 16.2. The van der Waals surface area contributed by atoms with Crippen molar-refractivity contribution in [3.8, 4) is 5.75 Å². The standard InChI is InChI=1S/C18H19BrO2/c1-12-5-3-4-6-16(12)18(2,20)11-14-10-15(19)9-13-7-8-21-17(13)14/h3-6,9-10,20H,7-8,11H2,1-2H3. The van der Waals surface area contributed by atoms with E-state index in [2.05, 4.69) is 28.1 Å². The first-order valence-electron chi connectivity index (χ1n) is 7.20. The van der Waals surface area contributed by atoms with Gasteiger partial charge in [-0.15, -0.1) is 0 Å². The fourth-order valence-corrected chi connectivity index (χ4v) is 3.67. The molecule has 2 nitrogen and oxygen atoms in total. The molecule has 1 unspecified atom stereocenters. The van der Waals surface area contributed by atoms with Crippen LogP contribution in [0.3, 0.4) is 0 Å². The van der Waals surface area contributed by atoms with Gasteiger partial charge in [-0.25, -0.2) is 0 Å². The molecule has 21 heavy (non-hydrogen) atoms. The molecule has 1 aliphatic rings. The maximum absolute atomic E-state index is 11.0. The molecule has 0 radical (unpaired) electrons. The monoisotopic (exact) mass is 346 g/mol. The van der Waals surface area contributed by atoms with E-state index in [0.29, 0.717) is 6.42 Å².